The average Bonchev–Trinajstić information content (AvgIpc) is 2.55. The predicted molar refractivity (Wildman–Crippen MR) is 67.4 cm³/mol. The molecule has 1 aromatic carbocycles. The van der Waals surface area contributed by atoms with E-state index in [1.165, 1.54) is 5.56 Å². The minimum atomic E-state index is 0.893. The molecule has 1 aliphatic rings. The molecule has 0 bridgehead atoms. The highest BCUT2D eigenvalue weighted by atomic mass is 15.1. The Kier molecular flexibility index (Phi) is 3.44. The molecule has 0 fully saturated rings. The lowest BCUT2D eigenvalue weighted by Crippen LogP contribution is -2.13. The summed E-state index contributed by atoms with van der Waals surface area (Å²) >= 11 is 0. The van der Waals surface area contributed by atoms with Crippen molar-refractivity contribution in [2.75, 3.05) is 7.05 Å². The number of nitrogens with one attached hydrogen (secondary N) is 1. The van der Waals surface area contributed by atoms with Gasteiger partial charge in [-0.1, -0.05) is 36.4 Å². The van der Waals surface area contributed by atoms with Crippen molar-refractivity contribution in [3.8, 4) is 0 Å². The maximum absolute atomic E-state index is 3.15. The van der Waals surface area contributed by atoms with Crippen LogP contribution in [-0.4, -0.2) is 11.9 Å². The van der Waals surface area contributed by atoms with Crippen LogP contribution >= 0.6 is 0 Å². The summed E-state index contributed by atoms with van der Waals surface area (Å²) in [5.74, 6) is 0. The van der Waals surface area contributed by atoms with Gasteiger partial charge in [-0.2, -0.15) is 0 Å². The van der Waals surface area contributed by atoms with Crippen molar-refractivity contribution in [3.05, 3.63) is 72.2 Å². The van der Waals surface area contributed by atoms with Gasteiger partial charge >= 0.3 is 0 Å². The SMILES string of the molecule is CNC1=CN(Cc2ccccc2)C=CC=C1. The zero-order chi connectivity index (χ0) is 11.2. The first-order valence-corrected chi connectivity index (χ1v) is 5.42. The summed E-state index contributed by atoms with van der Waals surface area (Å²) in [7, 11) is 1.93. The molecule has 0 aromatic heterocycles. The van der Waals surface area contributed by atoms with Crippen LogP contribution in [0.1, 0.15) is 5.56 Å². The Hall–Kier alpha value is -1.96. The normalized spacial score (nSPS) is 14.6. The molecule has 0 unspecified atom stereocenters. The van der Waals surface area contributed by atoms with E-state index in [4.69, 9.17) is 0 Å². The molecule has 0 amide bonds. The average molecular weight is 212 g/mol. The minimum absolute atomic E-state index is 0.893. The third-order valence-electron chi connectivity index (χ3n) is 2.47. The molecule has 1 aliphatic heterocycles. The maximum atomic E-state index is 3.15. The second-order valence-electron chi connectivity index (χ2n) is 3.69. The molecular weight excluding hydrogens is 196 g/mol. The Labute approximate surface area is 96.6 Å². The highest BCUT2D eigenvalue weighted by Crippen LogP contribution is 2.09. The van der Waals surface area contributed by atoms with Crippen molar-refractivity contribution in [2.24, 2.45) is 0 Å². The highest BCUT2D eigenvalue weighted by molar-refractivity contribution is 5.25. The fourth-order valence-electron chi connectivity index (χ4n) is 1.62. The lowest BCUT2D eigenvalue weighted by atomic mass is 10.2. The molecule has 0 atom stereocenters. The van der Waals surface area contributed by atoms with E-state index in [9.17, 15) is 0 Å². The Morgan fingerprint density at radius 1 is 1.12 bits per heavy atom. The molecule has 0 radical (unpaired) electrons. The van der Waals surface area contributed by atoms with Crippen molar-refractivity contribution in [3.63, 3.8) is 0 Å². The van der Waals surface area contributed by atoms with E-state index in [0.29, 0.717) is 0 Å². The third kappa shape index (κ3) is 2.76. The first-order valence-electron chi connectivity index (χ1n) is 5.42. The lowest BCUT2D eigenvalue weighted by Gasteiger charge is -2.16. The van der Waals surface area contributed by atoms with Gasteiger partial charge in [0.1, 0.15) is 0 Å². The molecule has 0 saturated carbocycles. The topological polar surface area (TPSA) is 15.3 Å². The molecule has 0 saturated heterocycles. The van der Waals surface area contributed by atoms with Gasteiger partial charge in [0.15, 0.2) is 0 Å². The summed E-state index contributed by atoms with van der Waals surface area (Å²) in [5, 5.41) is 3.15. The quantitative estimate of drug-likeness (QED) is 0.828. The van der Waals surface area contributed by atoms with Crippen LogP contribution in [0.2, 0.25) is 0 Å². The molecule has 2 nitrogen and oxygen atoms in total. The molecule has 16 heavy (non-hydrogen) atoms. The summed E-state index contributed by atoms with van der Waals surface area (Å²) in [5.41, 5.74) is 2.42. The van der Waals surface area contributed by atoms with Crippen LogP contribution in [0.25, 0.3) is 0 Å². The number of hydrogen-bond donors (Lipinski definition) is 1. The Balaban J connectivity index is 2.10. The second-order valence-corrected chi connectivity index (χ2v) is 3.69. The van der Waals surface area contributed by atoms with Crippen molar-refractivity contribution >= 4 is 0 Å². The van der Waals surface area contributed by atoms with Crippen LogP contribution in [0.15, 0.2) is 66.7 Å². The fraction of sp³-hybridized carbons (Fsp3) is 0.143. The zero-order valence-corrected chi connectivity index (χ0v) is 9.43. The maximum Gasteiger partial charge on any atom is 0.0502 e. The standard InChI is InChI=1S/C14H16N2/c1-15-14-9-5-6-10-16(12-14)11-13-7-3-2-4-8-13/h2-10,12,15H,11H2,1H3. The lowest BCUT2D eigenvalue weighted by molar-refractivity contribution is 0.496. The molecule has 0 spiro atoms. The van der Waals surface area contributed by atoms with Crippen LogP contribution in [0.4, 0.5) is 0 Å². The minimum Gasteiger partial charge on any atom is -0.387 e. The highest BCUT2D eigenvalue weighted by Gasteiger charge is 2.00. The molecule has 2 heteroatoms. The summed E-state index contributed by atoms with van der Waals surface area (Å²) in [6.45, 7) is 0.893. The molecule has 0 aliphatic carbocycles. The zero-order valence-electron chi connectivity index (χ0n) is 9.43. The van der Waals surface area contributed by atoms with E-state index in [2.05, 4.69) is 53.0 Å². The smallest absolute Gasteiger partial charge is 0.0502 e. The Morgan fingerprint density at radius 3 is 2.69 bits per heavy atom. The van der Waals surface area contributed by atoms with E-state index < -0.39 is 0 Å². The predicted octanol–water partition coefficient (Wildman–Crippen LogP) is 2.63. The second kappa shape index (κ2) is 5.21. The van der Waals surface area contributed by atoms with Crippen LogP contribution in [-0.2, 0) is 6.54 Å². The van der Waals surface area contributed by atoms with Gasteiger partial charge in [-0.05, 0) is 17.7 Å². The Morgan fingerprint density at radius 2 is 1.94 bits per heavy atom. The van der Waals surface area contributed by atoms with Crippen LogP contribution < -0.4 is 5.32 Å². The van der Waals surface area contributed by atoms with Gasteiger partial charge < -0.3 is 10.2 Å². The van der Waals surface area contributed by atoms with Gasteiger partial charge in [-0.25, -0.2) is 0 Å². The van der Waals surface area contributed by atoms with Gasteiger partial charge in [0.2, 0.25) is 0 Å². The van der Waals surface area contributed by atoms with E-state index in [1.807, 2.05) is 25.3 Å². The van der Waals surface area contributed by atoms with Gasteiger partial charge in [-0.3, -0.25) is 0 Å². The Bertz CT molecular complexity index is 416. The van der Waals surface area contributed by atoms with Gasteiger partial charge in [-0.15, -0.1) is 0 Å². The third-order valence-corrected chi connectivity index (χ3v) is 2.47. The van der Waals surface area contributed by atoms with Gasteiger partial charge in [0.25, 0.3) is 0 Å². The summed E-state index contributed by atoms with van der Waals surface area (Å²) in [4.78, 5) is 2.17. The molecule has 82 valence electrons. The van der Waals surface area contributed by atoms with Crippen molar-refractivity contribution in [1.29, 1.82) is 0 Å². The number of nitrogens with zero attached hydrogens (tertiary/aromatic N) is 1. The molecule has 1 heterocycles. The van der Waals surface area contributed by atoms with Crippen molar-refractivity contribution < 1.29 is 0 Å². The summed E-state index contributed by atoms with van der Waals surface area (Å²) < 4.78 is 0. The van der Waals surface area contributed by atoms with Gasteiger partial charge in [0, 0.05) is 26.0 Å². The summed E-state index contributed by atoms with van der Waals surface area (Å²) in [6.07, 6.45) is 10.3. The van der Waals surface area contributed by atoms with Crippen LogP contribution in [0.3, 0.4) is 0 Å². The number of hydrogen-bond acceptors (Lipinski definition) is 2. The van der Waals surface area contributed by atoms with Crippen LogP contribution in [0.5, 0.6) is 0 Å². The van der Waals surface area contributed by atoms with E-state index in [-0.39, 0.29) is 0 Å². The number of benzene rings is 1. The first kappa shape index (κ1) is 10.6. The molecule has 2 rings (SSSR count). The largest absolute Gasteiger partial charge is 0.387 e. The first-order chi connectivity index (χ1) is 7.88. The van der Waals surface area contributed by atoms with E-state index >= 15 is 0 Å². The van der Waals surface area contributed by atoms with E-state index in [1.54, 1.807) is 0 Å². The van der Waals surface area contributed by atoms with Crippen LogP contribution in [0, 0.1) is 0 Å². The van der Waals surface area contributed by atoms with Crippen molar-refractivity contribution in [1.82, 2.24) is 10.2 Å². The molecule has 1 aromatic rings. The summed E-state index contributed by atoms with van der Waals surface area (Å²) in [6, 6.07) is 10.5. The van der Waals surface area contributed by atoms with Crippen molar-refractivity contribution in [2.45, 2.75) is 6.54 Å². The number of allylic oxidation sites excluding steroid dienone is 3. The monoisotopic (exact) mass is 212 g/mol. The molecule has 1 N–H and O–H groups in total. The fourth-order valence-corrected chi connectivity index (χ4v) is 1.62. The number of rotatable bonds is 3. The van der Waals surface area contributed by atoms with E-state index in [0.717, 1.165) is 12.2 Å². The molecular formula is C14H16N2. The number of likely N-dealkylation sites (N-methyl/N-ethyl adjacent to an activating group) is 1. The van der Waals surface area contributed by atoms with Gasteiger partial charge in [0.05, 0.1) is 5.70 Å².